The molecule has 21 heavy (non-hydrogen) atoms. The van der Waals surface area contributed by atoms with Crippen LogP contribution in [0.5, 0.6) is 0 Å². The molecule has 1 saturated heterocycles. The summed E-state index contributed by atoms with van der Waals surface area (Å²) in [5, 5.41) is 3.72. The highest BCUT2D eigenvalue weighted by Crippen LogP contribution is 2.17. The summed E-state index contributed by atoms with van der Waals surface area (Å²) in [6, 6.07) is 7.29. The lowest BCUT2D eigenvalue weighted by atomic mass is 10.0. The van der Waals surface area contributed by atoms with Crippen molar-refractivity contribution in [3.05, 3.63) is 34.9 Å². The van der Waals surface area contributed by atoms with Crippen molar-refractivity contribution in [2.75, 3.05) is 26.2 Å². The average molecular weight is 288 g/mol. The van der Waals surface area contributed by atoms with Crippen molar-refractivity contribution in [3.63, 3.8) is 0 Å². The molecule has 0 spiro atoms. The Hall–Kier alpha value is -0.860. The van der Waals surface area contributed by atoms with Gasteiger partial charge in [-0.25, -0.2) is 0 Å². The number of aryl methyl sites for hydroxylation is 2. The van der Waals surface area contributed by atoms with Crippen LogP contribution in [0.4, 0.5) is 0 Å². The van der Waals surface area contributed by atoms with Crippen molar-refractivity contribution in [1.29, 1.82) is 0 Å². The van der Waals surface area contributed by atoms with E-state index < -0.39 is 0 Å². The Labute approximate surface area is 130 Å². The molecule has 1 heterocycles. The lowest BCUT2D eigenvalue weighted by Gasteiger charge is -2.29. The van der Waals surface area contributed by atoms with Crippen LogP contribution in [0.1, 0.15) is 55.8 Å². The number of piperidine rings is 1. The van der Waals surface area contributed by atoms with E-state index in [0.29, 0.717) is 6.04 Å². The van der Waals surface area contributed by atoms with Gasteiger partial charge in [0.1, 0.15) is 0 Å². The molecule has 1 aliphatic rings. The van der Waals surface area contributed by atoms with Crippen molar-refractivity contribution in [3.8, 4) is 0 Å². The molecule has 1 aliphatic heterocycles. The van der Waals surface area contributed by atoms with Gasteiger partial charge in [-0.3, -0.25) is 0 Å². The molecule has 1 N–H and O–H groups in total. The third kappa shape index (κ3) is 5.44. The first-order valence-corrected chi connectivity index (χ1v) is 8.58. The first-order valence-electron chi connectivity index (χ1n) is 8.58. The first kappa shape index (κ1) is 16.5. The Bertz CT molecular complexity index is 415. The molecule has 2 atom stereocenters. The Balaban J connectivity index is 1.78. The van der Waals surface area contributed by atoms with E-state index in [1.807, 2.05) is 0 Å². The van der Waals surface area contributed by atoms with Gasteiger partial charge in [-0.1, -0.05) is 42.7 Å². The predicted molar refractivity (Wildman–Crippen MR) is 91.8 cm³/mol. The average Bonchev–Trinajstić information content (AvgIpc) is 2.45. The molecule has 2 nitrogen and oxygen atoms in total. The molecule has 118 valence electrons. The molecule has 1 fully saturated rings. The van der Waals surface area contributed by atoms with Gasteiger partial charge in [-0.2, -0.15) is 0 Å². The maximum atomic E-state index is 3.72. The smallest absolute Gasteiger partial charge is 0.0292 e. The fourth-order valence-corrected chi connectivity index (χ4v) is 3.40. The molecule has 0 saturated carbocycles. The summed E-state index contributed by atoms with van der Waals surface area (Å²) >= 11 is 0. The fraction of sp³-hybridized carbons (Fsp3) is 0.684. The molecular weight excluding hydrogens is 256 g/mol. The molecule has 0 bridgehead atoms. The highest BCUT2D eigenvalue weighted by atomic mass is 15.1. The molecule has 2 heteroatoms. The Morgan fingerprint density at radius 1 is 1.00 bits per heavy atom. The first-order chi connectivity index (χ1) is 10.0. The summed E-state index contributed by atoms with van der Waals surface area (Å²) in [7, 11) is 0. The van der Waals surface area contributed by atoms with Gasteiger partial charge >= 0.3 is 0 Å². The van der Waals surface area contributed by atoms with Crippen molar-refractivity contribution >= 4 is 0 Å². The van der Waals surface area contributed by atoms with Crippen LogP contribution in [-0.4, -0.2) is 31.1 Å². The van der Waals surface area contributed by atoms with Crippen LogP contribution in [-0.2, 0) is 0 Å². The Morgan fingerprint density at radius 3 is 2.24 bits per heavy atom. The van der Waals surface area contributed by atoms with Crippen LogP contribution in [0.2, 0.25) is 0 Å². The predicted octanol–water partition coefficient (Wildman–Crippen LogP) is 4.08. The topological polar surface area (TPSA) is 15.3 Å². The van der Waals surface area contributed by atoms with E-state index in [1.165, 1.54) is 55.6 Å². The van der Waals surface area contributed by atoms with Crippen molar-refractivity contribution in [1.82, 2.24) is 10.2 Å². The number of hydrogen-bond acceptors (Lipinski definition) is 2. The number of nitrogens with one attached hydrogen (secondary N) is 1. The van der Waals surface area contributed by atoms with Gasteiger partial charge < -0.3 is 10.2 Å². The zero-order chi connectivity index (χ0) is 15.2. The second kappa shape index (κ2) is 7.95. The highest BCUT2D eigenvalue weighted by Gasteiger charge is 2.14. The number of nitrogens with zero attached hydrogens (tertiary/aromatic N) is 1. The van der Waals surface area contributed by atoms with E-state index >= 15 is 0 Å². The standard InChI is InChI=1S/C19H32N2/c1-15-10-16(2)12-19(11-15)18(4)20-13-17(3)14-21-8-6-5-7-9-21/h10-12,17-18,20H,5-9,13-14H2,1-4H3. The van der Waals surface area contributed by atoms with E-state index in [-0.39, 0.29) is 0 Å². The fourth-order valence-electron chi connectivity index (χ4n) is 3.40. The van der Waals surface area contributed by atoms with E-state index in [4.69, 9.17) is 0 Å². The van der Waals surface area contributed by atoms with E-state index in [9.17, 15) is 0 Å². The van der Waals surface area contributed by atoms with Gasteiger partial charge in [0.05, 0.1) is 0 Å². The second-order valence-electron chi connectivity index (χ2n) is 7.02. The Morgan fingerprint density at radius 2 is 1.62 bits per heavy atom. The van der Waals surface area contributed by atoms with E-state index in [0.717, 1.165) is 12.5 Å². The van der Waals surface area contributed by atoms with Gasteiger partial charge in [0.2, 0.25) is 0 Å². The van der Waals surface area contributed by atoms with Gasteiger partial charge in [0, 0.05) is 12.6 Å². The third-order valence-corrected chi connectivity index (χ3v) is 4.54. The zero-order valence-electron chi connectivity index (χ0n) is 14.3. The van der Waals surface area contributed by atoms with Crippen LogP contribution >= 0.6 is 0 Å². The number of likely N-dealkylation sites (tertiary alicyclic amines) is 1. The van der Waals surface area contributed by atoms with Crippen LogP contribution in [0.25, 0.3) is 0 Å². The van der Waals surface area contributed by atoms with Gasteiger partial charge in [0.15, 0.2) is 0 Å². The Kier molecular flexibility index (Phi) is 6.25. The third-order valence-electron chi connectivity index (χ3n) is 4.54. The summed E-state index contributed by atoms with van der Waals surface area (Å²) in [5.41, 5.74) is 4.14. The molecule has 0 radical (unpaired) electrons. The molecule has 0 aromatic heterocycles. The van der Waals surface area contributed by atoms with Gasteiger partial charge in [-0.15, -0.1) is 0 Å². The van der Waals surface area contributed by atoms with Crippen LogP contribution in [0, 0.1) is 19.8 Å². The summed E-state index contributed by atoms with van der Waals surface area (Å²) in [5.74, 6) is 0.719. The molecular formula is C19H32N2. The van der Waals surface area contributed by atoms with Crippen molar-refractivity contribution < 1.29 is 0 Å². The summed E-state index contributed by atoms with van der Waals surface area (Å²) in [4.78, 5) is 2.64. The van der Waals surface area contributed by atoms with Crippen molar-refractivity contribution in [2.24, 2.45) is 5.92 Å². The molecule has 1 aromatic carbocycles. The quantitative estimate of drug-likeness (QED) is 0.848. The summed E-state index contributed by atoms with van der Waals surface area (Å²) < 4.78 is 0. The largest absolute Gasteiger partial charge is 0.310 e. The lowest BCUT2D eigenvalue weighted by molar-refractivity contribution is 0.197. The highest BCUT2D eigenvalue weighted by molar-refractivity contribution is 5.30. The van der Waals surface area contributed by atoms with Crippen LogP contribution in [0.3, 0.4) is 0 Å². The molecule has 2 unspecified atom stereocenters. The SMILES string of the molecule is Cc1cc(C)cc(C(C)NCC(C)CN2CCCCC2)c1. The maximum Gasteiger partial charge on any atom is 0.0292 e. The minimum atomic E-state index is 0.437. The van der Waals surface area contributed by atoms with Gasteiger partial charge in [-0.05, 0) is 64.7 Å². The monoisotopic (exact) mass is 288 g/mol. The van der Waals surface area contributed by atoms with E-state index in [2.05, 4.69) is 56.1 Å². The minimum Gasteiger partial charge on any atom is -0.310 e. The van der Waals surface area contributed by atoms with E-state index in [1.54, 1.807) is 0 Å². The molecule has 1 aromatic rings. The normalized spacial score (nSPS) is 19.4. The second-order valence-corrected chi connectivity index (χ2v) is 7.02. The lowest BCUT2D eigenvalue weighted by Crippen LogP contribution is -2.37. The molecule has 0 aliphatic carbocycles. The van der Waals surface area contributed by atoms with Gasteiger partial charge in [0.25, 0.3) is 0 Å². The van der Waals surface area contributed by atoms with Crippen LogP contribution < -0.4 is 5.32 Å². The van der Waals surface area contributed by atoms with Crippen molar-refractivity contribution in [2.45, 2.75) is 53.0 Å². The number of benzene rings is 1. The minimum absolute atomic E-state index is 0.437. The number of rotatable bonds is 6. The summed E-state index contributed by atoms with van der Waals surface area (Å²) in [6.07, 6.45) is 4.20. The van der Waals surface area contributed by atoms with Crippen LogP contribution in [0.15, 0.2) is 18.2 Å². The maximum absolute atomic E-state index is 3.72. The number of hydrogen-bond donors (Lipinski definition) is 1. The molecule has 2 rings (SSSR count). The zero-order valence-corrected chi connectivity index (χ0v) is 14.3. The summed E-state index contributed by atoms with van der Waals surface area (Å²) in [6.45, 7) is 14.0. The molecule has 0 amide bonds.